The van der Waals surface area contributed by atoms with Crippen LogP contribution in [0.15, 0.2) is 60.2 Å². The van der Waals surface area contributed by atoms with Gasteiger partial charge in [-0.2, -0.15) is 5.26 Å². The van der Waals surface area contributed by atoms with E-state index < -0.39 is 10.8 Å². The van der Waals surface area contributed by atoms with Crippen LogP contribution in [0.2, 0.25) is 5.02 Å². The fourth-order valence-electron chi connectivity index (χ4n) is 3.29. The van der Waals surface area contributed by atoms with E-state index in [4.69, 9.17) is 11.6 Å². The van der Waals surface area contributed by atoms with Crippen molar-refractivity contribution in [3.8, 4) is 11.8 Å². The Morgan fingerprint density at radius 2 is 1.94 bits per heavy atom. The van der Waals surface area contributed by atoms with E-state index in [0.29, 0.717) is 17.8 Å². The summed E-state index contributed by atoms with van der Waals surface area (Å²) < 4.78 is 1.86. The zero-order valence-electron chi connectivity index (χ0n) is 16.9. The lowest BCUT2D eigenvalue weighted by molar-refractivity contribution is -0.384. The summed E-state index contributed by atoms with van der Waals surface area (Å²) in [6.07, 6.45) is 1.53. The highest BCUT2D eigenvalue weighted by atomic mass is 35.5. The highest BCUT2D eigenvalue weighted by Crippen LogP contribution is 2.29. The molecule has 1 amide bonds. The minimum absolute atomic E-state index is 0.0158. The van der Waals surface area contributed by atoms with Crippen molar-refractivity contribution in [2.45, 2.75) is 20.4 Å². The van der Waals surface area contributed by atoms with Gasteiger partial charge in [0.05, 0.1) is 4.92 Å². The molecule has 0 saturated carbocycles. The Kier molecular flexibility index (Phi) is 6.53. The molecule has 0 bridgehead atoms. The van der Waals surface area contributed by atoms with Gasteiger partial charge in [0, 0.05) is 29.7 Å². The van der Waals surface area contributed by atoms with Crippen LogP contribution in [-0.4, -0.2) is 15.4 Å². The maximum absolute atomic E-state index is 12.5. The molecule has 31 heavy (non-hydrogen) atoms. The van der Waals surface area contributed by atoms with Crippen molar-refractivity contribution < 1.29 is 9.72 Å². The first-order valence-corrected chi connectivity index (χ1v) is 9.76. The number of carbonyl (C=O) groups is 1. The lowest BCUT2D eigenvalue weighted by atomic mass is 10.1. The lowest BCUT2D eigenvalue weighted by Crippen LogP contribution is -2.23. The first kappa shape index (κ1) is 21.8. The molecular formula is C23H19ClN4O3. The average Bonchev–Trinajstić information content (AvgIpc) is 3.03. The number of nitrogens with zero attached hydrogens (tertiary/aromatic N) is 3. The highest BCUT2D eigenvalue weighted by molar-refractivity contribution is 6.32. The minimum Gasteiger partial charge on any atom is -0.347 e. The van der Waals surface area contributed by atoms with E-state index in [-0.39, 0.29) is 16.3 Å². The van der Waals surface area contributed by atoms with Gasteiger partial charge >= 0.3 is 0 Å². The van der Waals surface area contributed by atoms with Gasteiger partial charge in [-0.1, -0.05) is 41.9 Å². The number of benzene rings is 2. The number of nitrogens with one attached hydrogen (secondary N) is 1. The number of halogens is 1. The molecule has 3 rings (SSSR count). The van der Waals surface area contributed by atoms with Crippen molar-refractivity contribution in [2.75, 3.05) is 0 Å². The van der Waals surface area contributed by atoms with Gasteiger partial charge in [-0.25, -0.2) is 0 Å². The molecule has 2 aromatic carbocycles. The van der Waals surface area contributed by atoms with Gasteiger partial charge < -0.3 is 9.88 Å². The predicted octanol–water partition coefficient (Wildman–Crippen LogP) is 4.88. The second-order valence-corrected chi connectivity index (χ2v) is 7.30. The number of nitro benzene ring substituents is 1. The average molecular weight is 435 g/mol. The highest BCUT2D eigenvalue weighted by Gasteiger charge is 2.17. The first-order chi connectivity index (χ1) is 14.8. The number of carbonyl (C=O) groups excluding carboxylic acids is 1. The van der Waals surface area contributed by atoms with Crippen LogP contribution in [0.1, 0.15) is 22.5 Å². The molecule has 0 radical (unpaired) electrons. The number of aromatic nitrogens is 1. The first-order valence-electron chi connectivity index (χ1n) is 9.39. The number of aryl methyl sites for hydroxylation is 1. The number of hydrogen-bond acceptors (Lipinski definition) is 4. The third-order valence-corrected chi connectivity index (χ3v) is 5.12. The molecule has 0 spiro atoms. The molecule has 156 valence electrons. The molecule has 1 heterocycles. The van der Waals surface area contributed by atoms with Crippen LogP contribution in [0.25, 0.3) is 11.8 Å². The van der Waals surface area contributed by atoms with Gasteiger partial charge in [0.1, 0.15) is 16.7 Å². The summed E-state index contributed by atoms with van der Waals surface area (Å²) in [6, 6.07) is 17.7. The summed E-state index contributed by atoms with van der Waals surface area (Å²) in [5.74, 6) is -0.463. The van der Waals surface area contributed by atoms with Gasteiger partial charge in [0.25, 0.3) is 11.6 Å². The van der Waals surface area contributed by atoms with Gasteiger partial charge in [0.15, 0.2) is 0 Å². The van der Waals surface area contributed by atoms with Crippen molar-refractivity contribution in [2.24, 2.45) is 0 Å². The number of nitro groups is 1. The fraction of sp³-hybridized carbons (Fsp3) is 0.130. The second kappa shape index (κ2) is 9.28. The minimum atomic E-state index is -0.539. The Morgan fingerprint density at radius 3 is 2.55 bits per heavy atom. The number of nitriles is 1. The molecule has 0 aliphatic carbocycles. The van der Waals surface area contributed by atoms with Crippen molar-refractivity contribution in [1.29, 1.82) is 5.26 Å². The summed E-state index contributed by atoms with van der Waals surface area (Å²) in [5, 5.41) is 23.3. The normalized spacial score (nSPS) is 11.1. The van der Waals surface area contributed by atoms with Crippen LogP contribution in [0.5, 0.6) is 0 Å². The summed E-state index contributed by atoms with van der Waals surface area (Å²) in [6.45, 7) is 4.02. The SMILES string of the molecule is Cc1cc(/C=C(/C#N)C(=O)NCc2ccccc2)c(C)n1-c1ccc([N+](=O)[O-])c(Cl)c1. The van der Waals surface area contributed by atoms with Crippen LogP contribution in [0.4, 0.5) is 5.69 Å². The Labute approximate surface area is 184 Å². The molecule has 3 aromatic rings. The zero-order valence-corrected chi connectivity index (χ0v) is 17.7. The summed E-state index contributed by atoms with van der Waals surface area (Å²) in [4.78, 5) is 22.9. The van der Waals surface area contributed by atoms with Crippen LogP contribution >= 0.6 is 11.6 Å². The van der Waals surface area contributed by atoms with Crippen molar-refractivity contribution >= 4 is 29.3 Å². The van der Waals surface area contributed by atoms with E-state index in [9.17, 15) is 20.2 Å². The molecule has 0 aliphatic rings. The summed E-state index contributed by atoms with van der Waals surface area (Å²) in [7, 11) is 0. The number of rotatable bonds is 6. The zero-order chi connectivity index (χ0) is 22.5. The van der Waals surface area contributed by atoms with Crippen LogP contribution in [0, 0.1) is 35.3 Å². The van der Waals surface area contributed by atoms with Crippen LogP contribution in [0.3, 0.4) is 0 Å². The fourth-order valence-corrected chi connectivity index (χ4v) is 3.54. The maximum atomic E-state index is 12.5. The molecule has 0 atom stereocenters. The van der Waals surface area contributed by atoms with Crippen LogP contribution < -0.4 is 5.32 Å². The Morgan fingerprint density at radius 1 is 1.23 bits per heavy atom. The topological polar surface area (TPSA) is 101 Å². The molecule has 1 aromatic heterocycles. The van der Waals surface area contributed by atoms with Crippen molar-refractivity contribution in [3.05, 3.63) is 97.8 Å². The molecule has 0 unspecified atom stereocenters. The van der Waals surface area contributed by atoms with E-state index in [1.165, 1.54) is 18.2 Å². The van der Waals surface area contributed by atoms with Gasteiger partial charge in [-0.15, -0.1) is 0 Å². The summed E-state index contributed by atoms with van der Waals surface area (Å²) in [5.41, 5.74) is 3.69. The van der Waals surface area contributed by atoms with E-state index in [1.54, 1.807) is 6.07 Å². The molecule has 0 fully saturated rings. The van der Waals surface area contributed by atoms with E-state index in [2.05, 4.69) is 5.32 Å². The van der Waals surface area contributed by atoms with Crippen LogP contribution in [-0.2, 0) is 11.3 Å². The maximum Gasteiger partial charge on any atom is 0.288 e. The monoisotopic (exact) mass is 434 g/mol. The smallest absolute Gasteiger partial charge is 0.288 e. The molecule has 0 aliphatic heterocycles. The van der Waals surface area contributed by atoms with E-state index in [0.717, 1.165) is 17.0 Å². The largest absolute Gasteiger partial charge is 0.347 e. The molecular weight excluding hydrogens is 416 g/mol. The Balaban J connectivity index is 1.88. The third-order valence-electron chi connectivity index (χ3n) is 4.82. The van der Waals surface area contributed by atoms with Gasteiger partial charge in [-0.3, -0.25) is 14.9 Å². The number of hydrogen-bond donors (Lipinski definition) is 1. The van der Waals surface area contributed by atoms with E-state index in [1.807, 2.05) is 60.9 Å². The predicted molar refractivity (Wildman–Crippen MR) is 119 cm³/mol. The quantitative estimate of drug-likeness (QED) is 0.258. The Hall–Kier alpha value is -3.89. The lowest BCUT2D eigenvalue weighted by Gasteiger charge is -2.10. The summed E-state index contributed by atoms with van der Waals surface area (Å²) >= 11 is 6.06. The van der Waals surface area contributed by atoms with Gasteiger partial charge in [0.2, 0.25) is 0 Å². The molecule has 1 N–H and O–H groups in total. The van der Waals surface area contributed by atoms with Crippen molar-refractivity contribution in [1.82, 2.24) is 9.88 Å². The van der Waals surface area contributed by atoms with Crippen molar-refractivity contribution in [3.63, 3.8) is 0 Å². The molecule has 8 heteroatoms. The standard InChI is InChI=1S/C23H19ClN4O3/c1-15-10-18(11-19(13-25)23(29)26-14-17-6-4-3-5-7-17)16(2)27(15)20-8-9-22(28(30)31)21(24)12-20/h3-12H,14H2,1-2H3,(H,26,29)/b19-11-. The van der Waals surface area contributed by atoms with Gasteiger partial charge in [-0.05, 0) is 49.2 Å². The van der Waals surface area contributed by atoms with E-state index >= 15 is 0 Å². The molecule has 7 nitrogen and oxygen atoms in total. The second-order valence-electron chi connectivity index (χ2n) is 6.89. The third kappa shape index (κ3) is 4.82. The Bertz CT molecular complexity index is 1220. The number of amides is 1. The molecule has 0 saturated heterocycles.